The number of benzene rings is 2. The molecule has 0 spiro atoms. The average molecular weight is 453 g/mol. The van der Waals surface area contributed by atoms with Gasteiger partial charge in [0.05, 0.1) is 12.7 Å². The first-order chi connectivity index (χ1) is 15.1. The van der Waals surface area contributed by atoms with Gasteiger partial charge in [0.2, 0.25) is 0 Å². The summed E-state index contributed by atoms with van der Waals surface area (Å²) in [4.78, 5) is 10.8. The van der Waals surface area contributed by atoms with Crippen LogP contribution in [0.15, 0.2) is 36.4 Å². The molecule has 0 radical (unpaired) electrons. The second-order valence-corrected chi connectivity index (χ2v) is 8.30. The lowest BCUT2D eigenvalue weighted by atomic mass is 9.92. The largest absolute Gasteiger partial charge is 0.494 e. The van der Waals surface area contributed by atoms with Crippen LogP contribution in [0.1, 0.15) is 66.8 Å². The third-order valence-corrected chi connectivity index (χ3v) is 6.11. The Morgan fingerprint density at radius 1 is 1.22 bits per heavy atom. The van der Waals surface area contributed by atoms with E-state index in [0.717, 1.165) is 18.4 Å². The maximum absolute atomic E-state index is 13.7. The second kappa shape index (κ2) is 9.90. The maximum atomic E-state index is 13.7. The fourth-order valence-corrected chi connectivity index (χ4v) is 4.40. The summed E-state index contributed by atoms with van der Waals surface area (Å²) in [5.74, 6) is -1.41. The maximum Gasteiger partial charge on any atom is 0.416 e. The highest BCUT2D eigenvalue weighted by Gasteiger charge is 2.35. The predicted molar refractivity (Wildman–Crippen MR) is 112 cm³/mol. The molecule has 8 heteroatoms. The Labute approximate surface area is 184 Å². The fraction of sp³-hybridized carbons (Fsp3) is 0.458. The molecule has 1 fully saturated rings. The van der Waals surface area contributed by atoms with Crippen LogP contribution in [0, 0.1) is 5.82 Å². The number of aryl methyl sites for hydroxylation is 1. The van der Waals surface area contributed by atoms with Gasteiger partial charge in [0.15, 0.2) is 11.6 Å². The zero-order valence-electron chi connectivity index (χ0n) is 18.0. The summed E-state index contributed by atoms with van der Waals surface area (Å²) in [5, 5.41) is 12.3. The normalized spacial score (nSPS) is 19.7. The smallest absolute Gasteiger partial charge is 0.416 e. The molecule has 4 nitrogen and oxygen atoms in total. The number of rotatable bonds is 8. The number of carboxylic acid groups (broad SMARTS) is 1. The van der Waals surface area contributed by atoms with E-state index in [-0.39, 0.29) is 42.2 Å². The van der Waals surface area contributed by atoms with Crippen molar-refractivity contribution in [2.45, 2.75) is 63.2 Å². The Morgan fingerprint density at radius 2 is 1.97 bits per heavy atom. The first-order valence-corrected chi connectivity index (χ1v) is 10.6. The van der Waals surface area contributed by atoms with Crippen molar-refractivity contribution >= 4 is 5.97 Å². The van der Waals surface area contributed by atoms with Gasteiger partial charge >= 0.3 is 12.1 Å². The number of methoxy groups -OCH3 is 1. The van der Waals surface area contributed by atoms with Crippen LogP contribution in [0.4, 0.5) is 17.6 Å². The highest BCUT2D eigenvalue weighted by atomic mass is 19.4. The number of halogens is 4. The molecule has 0 heterocycles. The Bertz CT molecular complexity index is 961. The molecule has 1 aliphatic rings. The minimum absolute atomic E-state index is 0.00945. The molecule has 2 N–H and O–H groups in total. The summed E-state index contributed by atoms with van der Waals surface area (Å²) in [6, 6.07) is 9.01. The Hall–Kier alpha value is -2.61. The van der Waals surface area contributed by atoms with E-state index >= 15 is 0 Å². The third-order valence-electron chi connectivity index (χ3n) is 6.11. The highest BCUT2D eigenvalue weighted by Crippen LogP contribution is 2.40. The van der Waals surface area contributed by atoms with Gasteiger partial charge < -0.3 is 15.2 Å². The number of hydrogen-bond acceptors (Lipinski definition) is 3. The fourth-order valence-electron chi connectivity index (χ4n) is 4.40. The molecule has 174 valence electrons. The highest BCUT2D eigenvalue weighted by molar-refractivity contribution is 5.67. The molecule has 0 amide bonds. The zero-order valence-corrected chi connectivity index (χ0v) is 18.0. The summed E-state index contributed by atoms with van der Waals surface area (Å²) < 4.78 is 59.4. The van der Waals surface area contributed by atoms with Gasteiger partial charge in [-0.25, -0.2) is 4.39 Å². The minimum Gasteiger partial charge on any atom is -0.494 e. The van der Waals surface area contributed by atoms with Crippen LogP contribution in [0.3, 0.4) is 0 Å². The van der Waals surface area contributed by atoms with E-state index in [9.17, 15) is 22.4 Å². The zero-order chi connectivity index (χ0) is 23.5. The molecule has 0 aromatic heterocycles. The van der Waals surface area contributed by atoms with Gasteiger partial charge in [-0.1, -0.05) is 18.2 Å². The van der Waals surface area contributed by atoms with Gasteiger partial charge in [0.25, 0.3) is 0 Å². The summed E-state index contributed by atoms with van der Waals surface area (Å²) in [5.41, 5.74) is 0.750. The monoisotopic (exact) mass is 453 g/mol. The van der Waals surface area contributed by atoms with Crippen LogP contribution in [0.2, 0.25) is 0 Å². The Kier molecular flexibility index (Phi) is 7.44. The molecule has 0 unspecified atom stereocenters. The lowest BCUT2D eigenvalue weighted by Gasteiger charge is -2.21. The van der Waals surface area contributed by atoms with Crippen LogP contribution >= 0.6 is 0 Å². The molecule has 1 aliphatic carbocycles. The van der Waals surface area contributed by atoms with Crippen molar-refractivity contribution in [3.8, 4) is 5.75 Å². The predicted octanol–water partition coefficient (Wildman–Crippen LogP) is 5.86. The molecular weight excluding hydrogens is 426 g/mol. The topological polar surface area (TPSA) is 58.6 Å². The van der Waals surface area contributed by atoms with E-state index in [4.69, 9.17) is 9.84 Å². The van der Waals surface area contributed by atoms with E-state index in [1.165, 1.54) is 25.3 Å². The molecule has 0 bridgehead atoms. The van der Waals surface area contributed by atoms with Gasteiger partial charge in [-0.2, -0.15) is 13.2 Å². The number of ether oxygens (including phenoxy) is 1. The first-order valence-electron chi connectivity index (χ1n) is 10.6. The summed E-state index contributed by atoms with van der Waals surface area (Å²) in [6.45, 7) is 1.96. The number of carbonyl (C=O) groups is 1. The van der Waals surface area contributed by atoms with Crippen LogP contribution in [0.5, 0.6) is 5.75 Å². The van der Waals surface area contributed by atoms with Crippen molar-refractivity contribution in [3.05, 3.63) is 64.5 Å². The minimum atomic E-state index is -4.53. The molecule has 3 atom stereocenters. The van der Waals surface area contributed by atoms with Gasteiger partial charge in [-0.05, 0) is 73.4 Å². The first kappa shape index (κ1) is 24.0. The van der Waals surface area contributed by atoms with Crippen LogP contribution < -0.4 is 10.1 Å². The number of carboxylic acids is 1. The molecule has 0 aliphatic heterocycles. The Balaban J connectivity index is 1.69. The number of aliphatic carboxylic acids is 1. The molecule has 2 aromatic rings. The summed E-state index contributed by atoms with van der Waals surface area (Å²) in [7, 11) is 1.41. The van der Waals surface area contributed by atoms with E-state index in [0.29, 0.717) is 12.0 Å². The second-order valence-electron chi connectivity index (χ2n) is 8.30. The van der Waals surface area contributed by atoms with Crippen molar-refractivity contribution in [1.29, 1.82) is 0 Å². The van der Waals surface area contributed by atoms with Crippen LogP contribution in [0.25, 0.3) is 0 Å². The summed E-state index contributed by atoms with van der Waals surface area (Å²) >= 11 is 0. The summed E-state index contributed by atoms with van der Waals surface area (Å²) in [6.07, 6.45) is -2.77. The molecule has 0 saturated heterocycles. The molecule has 3 rings (SSSR count). The number of alkyl halides is 3. The SMILES string of the molecule is COc1cc([C@@H](C)N[C@H]2CC[C@H](c3ccc(CCC(=O)O)c(C(F)(F)F)c3)C2)ccc1F. The van der Waals surface area contributed by atoms with Crippen molar-refractivity contribution in [2.75, 3.05) is 7.11 Å². The lowest BCUT2D eigenvalue weighted by molar-refractivity contribution is -0.140. The average Bonchev–Trinajstić information content (AvgIpc) is 3.20. The van der Waals surface area contributed by atoms with Gasteiger partial charge in [-0.15, -0.1) is 0 Å². The van der Waals surface area contributed by atoms with Crippen molar-refractivity contribution in [1.82, 2.24) is 5.32 Å². The number of hydrogen-bond donors (Lipinski definition) is 2. The van der Waals surface area contributed by atoms with Crippen LogP contribution in [-0.4, -0.2) is 24.2 Å². The molecule has 1 saturated carbocycles. The molecule has 32 heavy (non-hydrogen) atoms. The van der Waals surface area contributed by atoms with Gasteiger partial charge in [0, 0.05) is 18.5 Å². The van der Waals surface area contributed by atoms with E-state index in [1.54, 1.807) is 18.2 Å². The quantitative estimate of drug-likeness (QED) is 0.492. The van der Waals surface area contributed by atoms with E-state index < -0.39 is 23.5 Å². The number of nitrogens with one attached hydrogen (secondary N) is 1. The van der Waals surface area contributed by atoms with E-state index in [1.807, 2.05) is 6.92 Å². The Morgan fingerprint density at radius 3 is 2.62 bits per heavy atom. The standard InChI is InChI=1S/C24H27F4NO3/c1-14(16-6-9-21(25)22(13-16)32-2)29-19-8-5-17(11-19)18-4-3-15(7-10-23(30)31)20(12-18)24(26,27)28/h3-4,6,9,12-14,17,19,29H,5,7-8,10-11H2,1-2H3,(H,30,31)/t14-,17+,19+/m1/s1. The van der Waals surface area contributed by atoms with E-state index in [2.05, 4.69) is 5.32 Å². The van der Waals surface area contributed by atoms with Crippen molar-refractivity contribution < 1.29 is 32.2 Å². The van der Waals surface area contributed by atoms with Crippen molar-refractivity contribution in [2.24, 2.45) is 0 Å². The molecule has 2 aromatic carbocycles. The van der Waals surface area contributed by atoms with Crippen LogP contribution in [-0.2, 0) is 17.4 Å². The van der Waals surface area contributed by atoms with Crippen molar-refractivity contribution in [3.63, 3.8) is 0 Å². The van der Waals surface area contributed by atoms with Gasteiger partial charge in [0.1, 0.15) is 0 Å². The lowest BCUT2D eigenvalue weighted by Crippen LogP contribution is -2.29. The van der Waals surface area contributed by atoms with Gasteiger partial charge in [-0.3, -0.25) is 4.79 Å². The third kappa shape index (κ3) is 5.79. The molecular formula is C24H27F4NO3.